The highest BCUT2D eigenvalue weighted by atomic mass is 19.1. The number of aliphatic hydroxyl groups is 1. The average molecular weight is 265 g/mol. The van der Waals surface area contributed by atoms with Crippen LogP contribution in [0.4, 0.5) is 4.39 Å². The second kappa shape index (κ2) is 6.49. The smallest absolute Gasteiger partial charge is 0.123 e. The molecule has 1 saturated carbocycles. The summed E-state index contributed by atoms with van der Waals surface area (Å²) >= 11 is 0. The first-order valence-corrected chi connectivity index (χ1v) is 7.31. The Bertz CT molecular complexity index is 382. The third-order valence-corrected chi connectivity index (χ3v) is 4.52. The molecular weight excluding hydrogens is 241 g/mol. The van der Waals surface area contributed by atoms with E-state index in [0.717, 1.165) is 31.2 Å². The Labute approximate surface area is 114 Å². The van der Waals surface area contributed by atoms with E-state index in [2.05, 4.69) is 0 Å². The second-order valence-electron chi connectivity index (χ2n) is 5.79. The fourth-order valence-corrected chi connectivity index (χ4v) is 3.20. The lowest BCUT2D eigenvalue weighted by molar-refractivity contribution is 0.00845. The van der Waals surface area contributed by atoms with Crippen molar-refractivity contribution in [3.05, 3.63) is 35.6 Å². The van der Waals surface area contributed by atoms with Gasteiger partial charge in [-0.1, -0.05) is 44.2 Å². The van der Waals surface area contributed by atoms with Crippen LogP contribution in [0, 0.1) is 11.2 Å². The van der Waals surface area contributed by atoms with Gasteiger partial charge in [-0.25, -0.2) is 4.39 Å². The third kappa shape index (κ3) is 3.34. The van der Waals surface area contributed by atoms with Crippen LogP contribution in [0.15, 0.2) is 24.3 Å². The molecule has 1 atom stereocenters. The lowest BCUT2D eigenvalue weighted by atomic mass is 9.70. The molecule has 1 aromatic carbocycles. The monoisotopic (exact) mass is 265 g/mol. The SMILES string of the molecule is NCC1(C(O)c2ccc(F)cc2)CCCCCCC1. The number of benzene rings is 1. The molecule has 0 amide bonds. The highest BCUT2D eigenvalue weighted by Crippen LogP contribution is 2.43. The Morgan fingerprint density at radius 1 is 1.05 bits per heavy atom. The molecule has 0 spiro atoms. The number of nitrogens with two attached hydrogens (primary N) is 1. The Hall–Kier alpha value is -0.930. The second-order valence-corrected chi connectivity index (χ2v) is 5.79. The van der Waals surface area contributed by atoms with Crippen LogP contribution in [0.3, 0.4) is 0 Å². The van der Waals surface area contributed by atoms with E-state index >= 15 is 0 Å². The van der Waals surface area contributed by atoms with Crippen LogP contribution >= 0.6 is 0 Å². The van der Waals surface area contributed by atoms with Crippen molar-refractivity contribution in [1.82, 2.24) is 0 Å². The highest BCUT2D eigenvalue weighted by Gasteiger charge is 2.37. The predicted molar refractivity (Wildman–Crippen MR) is 75.2 cm³/mol. The molecule has 2 nitrogen and oxygen atoms in total. The van der Waals surface area contributed by atoms with E-state index in [1.807, 2.05) is 0 Å². The summed E-state index contributed by atoms with van der Waals surface area (Å²) in [5.74, 6) is -0.268. The topological polar surface area (TPSA) is 46.2 Å². The van der Waals surface area contributed by atoms with Gasteiger partial charge in [0.25, 0.3) is 0 Å². The molecule has 2 rings (SSSR count). The zero-order valence-corrected chi connectivity index (χ0v) is 11.4. The molecule has 0 radical (unpaired) electrons. The van der Waals surface area contributed by atoms with E-state index < -0.39 is 6.10 Å². The van der Waals surface area contributed by atoms with Crippen LogP contribution in [0.2, 0.25) is 0 Å². The number of hydrogen-bond acceptors (Lipinski definition) is 2. The first-order chi connectivity index (χ1) is 9.18. The van der Waals surface area contributed by atoms with Crippen LogP contribution in [0.5, 0.6) is 0 Å². The Morgan fingerprint density at radius 2 is 1.58 bits per heavy atom. The van der Waals surface area contributed by atoms with Crippen LogP contribution in [0.25, 0.3) is 0 Å². The summed E-state index contributed by atoms with van der Waals surface area (Å²) in [5.41, 5.74) is 6.54. The minimum absolute atomic E-state index is 0.238. The molecule has 3 N–H and O–H groups in total. The minimum Gasteiger partial charge on any atom is -0.388 e. The van der Waals surface area contributed by atoms with Gasteiger partial charge in [0, 0.05) is 12.0 Å². The van der Waals surface area contributed by atoms with Gasteiger partial charge in [-0.2, -0.15) is 0 Å². The summed E-state index contributed by atoms with van der Waals surface area (Å²) in [6.07, 6.45) is 7.30. The Balaban J connectivity index is 2.20. The van der Waals surface area contributed by atoms with Crippen molar-refractivity contribution >= 4 is 0 Å². The lowest BCUT2D eigenvalue weighted by Gasteiger charge is -2.39. The molecule has 1 aliphatic carbocycles. The third-order valence-electron chi connectivity index (χ3n) is 4.52. The average Bonchev–Trinajstić information content (AvgIpc) is 2.39. The number of hydrogen-bond donors (Lipinski definition) is 2. The normalized spacial score (nSPS) is 21.4. The van der Waals surface area contributed by atoms with E-state index in [-0.39, 0.29) is 11.2 Å². The van der Waals surface area contributed by atoms with E-state index in [1.165, 1.54) is 31.4 Å². The van der Waals surface area contributed by atoms with Crippen molar-refractivity contribution in [3.63, 3.8) is 0 Å². The van der Waals surface area contributed by atoms with Gasteiger partial charge < -0.3 is 10.8 Å². The maximum Gasteiger partial charge on any atom is 0.123 e. The van der Waals surface area contributed by atoms with E-state index in [1.54, 1.807) is 12.1 Å². The molecule has 19 heavy (non-hydrogen) atoms. The molecule has 0 aromatic heterocycles. The molecule has 0 saturated heterocycles. The van der Waals surface area contributed by atoms with Crippen molar-refractivity contribution in [2.45, 2.75) is 51.0 Å². The van der Waals surface area contributed by atoms with Crippen LogP contribution < -0.4 is 5.73 Å². The summed E-state index contributed by atoms with van der Waals surface area (Å²) in [4.78, 5) is 0. The first kappa shape index (κ1) is 14.5. The Kier molecular flexibility index (Phi) is 4.94. The quantitative estimate of drug-likeness (QED) is 0.878. The van der Waals surface area contributed by atoms with Crippen LogP contribution in [-0.2, 0) is 0 Å². The molecule has 3 heteroatoms. The van der Waals surface area contributed by atoms with Crippen LogP contribution in [-0.4, -0.2) is 11.7 Å². The van der Waals surface area contributed by atoms with Crippen molar-refractivity contribution < 1.29 is 9.50 Å². The van der Waals surface area contributed by atoms with Gasteiger partial charge in [0.15, 0.2) is 0 Å². The van der Waals surface area contributed by atoms with Gasteiger partial charge in [-0.3, -0.25) is 0 Å². The van der Waals surface area contributed by atoms with E-state index in [9.17, 15) is 9.50 Å². The van der Waals surface area contributed by atoms with Gasteiger partial charge in [-0.05, 0) is 30.5 Å². The zero-order valence-electron chi connectivity index (χ0n) is 11.4. The predicted octanol–water partition coefficient (Wildman–Crippen LogP) is 3.55. The molecule has 0 bridgehead atoms. The van der Waals surface area contributed by atoms with Gasteiger partial charge in [-0.15, -0.1) is 0 Å². The molecule has 1 aromatic rings. The summed E-state index contributed by atoms with van der Waals surface area (Å²) in [6.45, 7) is 0.492. The number of halogens is 1. The molecule has 1 fully saturated rings. The number of aliphatic hydroxyl groups excluding tert-OH is 1. The maximum absolute atomic E-state index is 13.0. The molecule has 1 aliphatic rings. The molecule has 0 aliphatic heterocycles. The summed E-state index contributed by atoms with van der Waals surface area (Å²) in [5, 5.41) is 10.7. The minimum atomic E-state index is -0.587. The lowest BCUT2D eigenvalue weighted by Crippen LogP contribution is -2.37. The standard InChI is InChI=1S/C16H24FNO/c17-14-8-6-13(7-9-14)15(19)16(12-18)10-4-2-1-3-5-11-16/h6-9,15,19H,1-5,10-12,18H2. The molecule has 106 valence electrons. The molecule has 1 unspecified atom stereocenters. The number of rotatable bonds is 3. The summed E-state index contributed by atoms with van der Waals surface area (Å²) < 4.78 is 13.0. The van der Waals surface area contributed by atoms with Crippen molar-refractivity contribution in [1.29, 1.82) is 0 Å². The fraction of sp³-hybridized carbons (Fsp3) is 0.625. The maximum atomic E-state index is 13.0. The summed E-state index contributed by atoms with van der Waals surface area (Å²) in [7, 11) is 0. The van der Waals surface area contributed by atoms with E-state index in [0.29, 0.717) is 6.54 Å². The van der Waals surface area contributed by atoms with E-state index in [4.69, 9.17) is 5.73 Å². The fourth-order valence-electron chi connectivity index (χ4n) is 3.20. The van der Waals surface area contributed by atoms with Gasteiger partial charge in [0.05, 0.1) is 6.10 Å². The first-order valence-electron chi connectivity index (χ1n) is 7.31. The highest BCUT2D eigenvalue weighted by molar-refractivity contribution is 5.21. The molecule has 0 heterocycles. The van der Waals surface area contributed by atoms with Gasteiger partial charge >= 0.3 is 0 Å². The van der Waals surface area contributed by atoms with Crippen molar-refractivity contribution in [3.8, 4) is 0 Å². The van der Waals surface area contributed by atoms with Gasteiger partial charge in [0.2, 0.25) is 0 Å². The van der Waals surface area contributed by atoms with Crippen LogP contribution in [0.1, 0.15) is 56.6 Å². The Morgan fingerprint density at radius 3 is 2.11 bits per heavy atom. The molecular formula is C16H24FNO. The zero-order chi connectivity index (χ0) is 13.7. The summed E-state index contributed by atoms with van der Waals surface area (Å²) in [6, 6.07) is 6.17. The van der Waals surface area contributed by atoms with Crippen molar-refractivity contribution in [2.75, 3.05) is 6.54 Å². The largest absolute Gasteiger partial charge is 0.388 e. The van der Waals surface area contributed by atoms with Crippen molar-refractivity contribution in [2.24, 2.45) is 11.1 Å². The van der Waals surface area contributed by atoms with Gasteiger partial charge in [0.1, 0.15) is 5.82 Å².